The summed E-state index contributed by atoms with van der Waals surface area (Å²) in [7, 11) is 1.77. The molecule has 17 heavy (non-hydrogen) atoms. The van der Waals surface area contributed by atoms with E-state index in [1.165, 1.54) is 6.33 Å². The number of carbonyl (C=O) groups is 2. The molecule has 8 heteroatoms. The lowest BCUT2D eigenvalue weighted by Gasteiger charge is -2.13. The van der Waals surface area contributed by atoms with Crippen LogP contribution >= 0.6 is 0 Å². The molecular formula is C9H15N5O3. The summed E-state index contributed by atoms with van der Waals surface area (Å²) >= 11 is 0. The molecular weight excluding hydrogens is 226 g/mol. The summed E-state index contributed by atoms with van der Waals surface area (Å²) in [6, 6.07) is -0.728. The molecule has 0 saturated heterocycles. The van der Waals surface area contributed by atoms with Gasteiger partial charge in [0, 0.05) is 13.6 Å². The third-order valence-corrected chi connectivity index (χ3v) is 2.11. The summed E-state index contributed by atoms with van der Waals surface area (Å²) in [6.07, 6.45) is 1.43. The zero-order chi connectivity index (χ0) is 12.8. The van der Waals surface area contributed by atoms with Crippen molar-refractivity contribution in [2.45, 2.75) is 19.4 Å². The van der Waals surface area contributed by atoms with Gasteiger partial charge in [0.2, 0.25) is 0 Å². The van der Waals surface area contributed by atoms with Crippen molar-refractivity contribution in [3.63, 3.8) is 0 Å². The minimum atomic E-state index is -0.952. The lowest BCUT2D eigenvalue weighted by atomic mass is 10.3. The lowest BCUT2D eigenvalue weighted by molar-refractivity contribution is -0.136. The number of hydrogen-bond donors (Lipinski definition) is 3. The third kappa shape index (κ3) is 4.09. The molecule has 0 radical (unpaired) electrons. The van der Waals surface area contributed by atoms with Crippen molar-refractivity contribution < 1.29 is 14.7 Å². The third-order valence-electron chi connectivity index (χ3n) is 2.11. The van der Waals surface area contributed by atoms with E-state index in [9.17, 15) is 9.59 Å². The Balaban J connectivity index is 2.36. The quantitative estimate of drug-likeness (QED) is 0.652. The number of aryl methyl sites for hydroxylation is 1. The molecule has 2 amide bonds. The van der Waals surface area contributed by atoms with Gasteiger partial charge in [0.15, 0.2) is 5.82 Å². The Morgan fingerprint density at radius 1 is 1.59 bits per heavy atom. The van der Waals surface area contributed by atoms with E-state index in [-0.39, 0.29) is 19.0 Å². The normalized spacial score (nSPS) is 11.9. The second kappa shape index (κ2) is 5.83. The average Bonchev–Trinajstić information content (AvgIpc) is 2.63. The van der Waals surface area contributed by atoms with Crippen LogP contribution in [0.3, 0.4) is 0 Å². The average molecular weight is 241 g/mol. The minimum Gasteiger partial charge on any atom is -0.481 e. The van der Waals surface area contributed by atoms with Crippen molar-refractivity contribution in [2.75, 3.05) is 6.54 Å². The van der Waals surface area contributed by atoms with Gasteiger partial charge in [-0.15, -0.1) is 10.2 Å². The van der Waals surface area contributed by atoms with E-state index in [0.29, 0.717) is 5.82 Å². The summed E-state index contributed by atoms with van der Waals surface area (Å²) in [5, 5.41) is 21.0. The Morgan fingerprint density at radius 2 is 2.29 bits per heavy atom. The standard InChI is InChI=1S/C9H15N5O3/c1-6(8-13-11-5-14(8)2)12-9(17)10-4-3-7(15)16/h5-6H,3-4H2,1-2H3,(H,15,16)(H2,10,12,17). The van der Waals surface area contributed by atoms with Crippen molar-refractivity contribution in [3.05, 3.63) is 12.2 Å². The maximum absolute atomic E-state index is 11.4. The second-order valence-corrected chi connectivity index (χ2v) is 3.57. The maximum Gasteiger partial charge on any atom is 0.315 e. The van der Waals surface area contributed by atoms with Crippen LogP contribution in [-0.2, 0) is 11.8 Å². The minimum absolute atomic E-state index is 0.0900. The van der Waals surface area contributed by atoms with Gasteiger partial charge in [-0.3, -0.25) is 4.79 Å². The lowest BCUT2D eigenvalue weighted by Crippen LogP contribution is -2.38. The number of urea groups is 1. The molecule has 1 aromatic rings. The summed E-state index contributed by atoms with van der Waals surface area (Å²) in [4.78, 5) is 21.6. The number of carbonyl (C=O) groups excluding carboxylic acids is 1. The zero-order valence-corrected chi connectivity index (χ0v) is 9.67. The fourth-order valence-electron chi connectivity index (χ4n) is 1.28. The number of nitrogens with one attached hydrogen (secondary N) is 2. The van der Waals surface area contributed by atoms with Crippen molar-refractivity contribution in [1.82, 2.24) is 25.4 Å². The number of amides is 2. The summed E-state index contributed by atoms with van der Waals surface area (Å²) in [6.45, 7) is 1.85. The fraction of sp³-hybridized carbons (Fsp3) is 0.556. The van der Waals surface area contributed by atoms with Gasteiger partial charge in [0.25, 0.3) is 0 Å². The molecule has 1 heterocycles. The first-order valence-electron chi connectivity index (χ1n) is 5.10. The van der Waals surface area contributed by atoms with E-state index in [0.717, 1.165) is 0 Å². The molecule has 1 unspecified atom stereocenters. The Hall–Kier alpha value is -2.12. The number of hydrogen-bond acceptors (Lipinski definition) is 4. The molecule has 0 aromatic carbocycles. The fourth-order valence-corrected chi connectivity index (χ4v) is 1.28. The van der Waals surface area contributed by atoms with Crippen LogP contribution < -0.4 is 10.6 Å². The van der Waals surface area contributed by atoms with E-state index in [1.807, 2.05) is 0 Å². The van der Waals surface area contributed by atoms with Crippen LogP contribution in [0.2, 0.25) is 0 Å². The number of nitrogens with zero attached hydrogens (tertiary/aromatic N) is 3. The van der Waals surface area contributed by atoms with Gasteiger partial charge in [-0.1, -0.05) is 0 Å². The number of aromatic nitrogens is 3. The smallest absolute Gasteiger partial charge is 0.315 e. The maximum atomic E-state index is 11.4. The van der Waals surface area contributed by atoms with Crippen LogP contribution in [0, 0.1) is 0 Å². The van der Waals surface area contributed by atoms with Crippen LogP contribution in [0.25, 0.3) is 0 Å². The predicted molar refractivity (Wildman–Crippen MR) is 58.2 cm³/mol. The van der Waals surface area contributed by atoms with Crippen LogP contribution in [0.4, 0.5) is 4.79 Å². The van der Waals surface area contributed by atoms with Gasteiger partial charge >= 0.3 is 12.0 Å². The number of aliphatic carboxylic acids is 1. The molecule has 1 atom stereocenters. The van der Waals surface area contributed by atoms with Gasteiger partial charge in [-0.2, -0.15) is 0 Å². The summed E-state index contributed by atoms with van der Waals surface area (Å²) in [5.41, 5.74) is 0. The first-order chi connectivity index (χ1) is 8.00. The molecule has 0 spiro atoms. The zero-order valence-electron chi connectivity index (χ0n) is 9.67. The largest absolute Gasteiger partial charge is 0.481 e. The van der Waals surface area contributed by atoms with Gasteiger partial charge in [0.05, 0.1) is 12.5 Å². The van der Waals surface area contributed by atoms with Crippen LogP contribution in [0.1, 0.15) is 25.2 Å². The molecule has 0 fully saturated rings. The Labute approximate surface area is 98.0 Å². The van der Waals surface area contributed by atoms with E-state index in [2.05, 4.69) is 20.8 Å². The topological polar surface area (TPSA) is 109 Å². The Morgan fingerprint density at radius 3 is 2.82 bits per heavy atom. The summed E-state index contributed by atoms with van der Waals surface area (Å²) in [5.74, 6) is -0.329. The van der Waals surface area contributed by atoms with Gasteiger partial charge in [-0.05, 0) is 6.92 Å². The molecule has 94 valence electrons. The molecule has 0 aliphatic rings. The van der Waals surface area contributed by atoms with Crippen LogP contribution in [0.5, 0.6) is 0 Å². The number of carboxylic acids is 1. The Kier molecular flexibility index (Phi) is 4.44. The molecule has 3 N–H and O–H groups in total. The van der Waals surface area contributed by atoms with Crippen molar-refractivity contribution in [2.24, 2.45) is 7.05 Å². The van der Waals surface area contributed by atoms with E-state index in [1.54, 1.807) is 18.5 Å². The molecule has 0 aliphatic carbocycles. The highest BCUT2D eigenvalue weighted by Gasteiger charge is 2.13. The number of rotatable bonds is 5. The molecule has 0 bridgehead atoms. The molecule has 1 aromatic heterocycles. The first kappa shape index (κ1) is 12.9. The second-order valence-electron chi connectivity index (χ2n) is 3.57. The monoisotopic (exact) mass is 241 g/mol. The van der Waals surface area contributed by atoms with Gasteiger partial charge in [-0.25, -0.2) is 4.79 Å². The van der Waals surface area contributed by atoms with Crippen molar-refractivity contribution in [3.8, 4) is 0 Å². The van der Waals surface area contributed by atoms with E-state index < -0.39 is 12.0 Å². The molecule has 8 nitrogen and oxygen atoms in total. The first-order valence-corrected chi connectivity index (χ1v) is 5.10. The van der Waals surface area contributed by atoms with Crippen LogP contribution in [-0.4, -0.2) is 38.4 Å². The van der Waals surface area contributed by atoms with Crippen molar-refractivity contribution in [1.29, 1.82) is 0 Å². The highest BCUT2D eigenvalue weighted by molar-refractivity contribution is 5.75. The van der Waals surface area contributed by atoms with Gasteiger partial charge in [0.1, 0.15) is 6.33 Å². The molecule has 0 aliphatic heterocycles. The molecule has 1 rings (SSSR count). The van der Waals surface area contributed by atoms with E-state index in [4.69, 9.17) is 5.11 Å². The van der Waals surface area contributed by atoms with Gasteiger partial charge < -0.3 is 20.3 Å². The van der Waals surface area contributed by atoms with Crippen molar-refractivity contribution >= 4 is 12.0 Å². The highest BCUT2D eigenvalue weighted by Crippen LogP contribution is 2.06. The molecule has 0 saturated carbocycles. The highest BCUT2D eigenvalue weighted by atomic mass is 16.4. The van der Waals surface area contributed by atoms with Crippen LogP contribution in [0.15, 0.2) is 6.33 Å². The Bertz CT molecular complexity index is 403. The summed E-state index contributed by atoms with van der Waals surface area (Å²) < 4.78 is 1.70. The SMILES string of the molecule is CC(NC(=O)NCCC(=O)O)c1nncn1C. The van der Waals surface area contributed by atoms with E-state index >= 15 is 0 Å². The predicted octanol–water partition coefficient (Wildman–Crippen LogP) is -0.350. The number of carboxylic acid groups (broad SMARTS) is 1.